The quantitative estimate of drug-likeness (QED) is 0.850. The van der Waals surface area contributed by atoms with Gasteiger partial charge in [-0.25, -0.2) is 0 Å². The molecule has 2 atom stereocenters. The smallest absolute Gasteiger partial charge is 0.222 e. The van der Waals surface area contributed by atoms with E-state index in [9.17, 15) is 4.79 Å². The molecule has 1 amide bonds. The van der Waals surface area contributed by atoms with Gasteiger partial charge in [-0.15, -0.1) is 0 Å². The highest BCUT2D eigenvalue weighted by atomic mass is 16.5. The normalized spacial score (nSPS) is 22.8. The van der Waals surface area contributed by atoms with Crippen LogP contribution in [0.1, 0.15) is 32.1 Å². The Balaban J connectivity index is 1.27. The number of hydrogen-bond acceptors (Lipinski definition) is 3. The molecule has 25 heavy (non-hydrogen) atoms. The molecule has 2 aliphatic heterocycles. The Morgan fingerprint density at radius 3 is 2.88 bits per heavy atom. The molecule has 0 aromatic heterocycles. The molecule has 4 heteroatoms. The van der Waals surface area contributed by atoms with Gasteiger partial charge >= 0.3 is 0 Å². The molecule has 2 unspecified atom stereocenters. The highest BCUT2D eigenvalue weighted by Crippen LogP contribution is 2.25. The fourth-order valence-electron chi connectivity index (χ4n) is 4.05. The summed E-state index contributed by atoms with van der Waals surface area (Å²) in [7, 11) is 0. The number of rotatable bonds is 5. The number of ether oxygens (including phenoxy) is 1. The number of carbonyl (C=O) groups is 1. The van der Waals surface area contributed by atoms with Crippen molar-refractivity contribution in [3.8, 4) is 5.75 Å². The van der Waals surface area contributed by atoms with Crippen molar-refractivity contribution < 1.29 is 9.53 Å². The van der Waals surface area contributed by atoms with Gasteiger partial charge in [0.15, 0.2) is 0 Å². The fourth-order valence-corrected chi connectivity index (χ4v) is 4.05. The van der Waals surface area contributed by atoms with Crippen LogP contribution < -0.4 is 10.1 Å². The molecule has 2 bridgehead atoms. The zero-order valence-electron chi connectivity index (χ0n) is 14.6. The van der Waals surface area contributed by atoms with Crippen molar-refractivity contribution in [2.24, 2.45) is 0 Å². The van der Waals surface area contributed by atoms with Crippen LogP contribution in [0.15, 0.2) is 42.5 Å². The van der Waals surface area contributed by atoms with Crippen LogP contribution in [0.25, 0.3) is 10.8 Å². The van der Waals surface area contributed by atoms with Crippen molar-refractivity contribution in [2.75, 3.05) is 19.7 Å². The molecule has 0 aliphatic carbocycles. The Morgan fingerprint density at radius 2 is 1.92 bits per heavy atom. The third-order valence-electron chi connectivity index (χ3n) is 5.42. The summed E-state index contributed by atoms with van der Waals surface area (Å²) in [5.41, 5.74) is 0. The minimum atomic E-state index is 0.274. The minimum Gasteiger partial charge on any atom is -0.493 e. The van der Waals surface area contributed by atoms with Gasteiger partial charge in [0.25, 0.3) is 0 Å². The summed E-state index contributed by atoms with van der Waals surface area (Å²) in [6, 6.07) is 15.5. The number of nitrogens with one attached hydrogen (secondary N) is 1. The zero-order valence-corrected chi connectivity index (χ0v) is 14.6. The van der Waals surface area contributed by atoms with Crippen molar-refractivity contribution >= 4 is 16.7 Å². The number of nitrogens with zero attached hydrogens (tertiary/aromatic N) is 1. The van der Waals surface area contributed by atoms with Gasteiger partial charge in [0, 0.05) is 37.0 Å². The lowest BCUT2D eigenvalue weighted by atomic mass is 10.1. The summed E-state index contributed by atoms with van der Waals surface area (Å²) >= 11 is 0. The van der Waals surface area contributed by atoms with E-state index in [1.54, 1.807) is 0 Å². The summed E-state index contributed by atoms with van der Waals surface area (Å²) in [5.74, 6) is 1.18. The molecule has 2 aliphatic rings. The number of fused-ring (bicyclic) bond motifs is 3. The van der Waals surface area contributed by atoms with Crippen LogP contribution in [0.5, 0.6) is 5.75 Å². The summed E-state index contributed by atoms with van der Waals surface area (Å²) in [5, 5.41) is 5.94. The highest BCUT2D eigenvalue weighted by Gasteiger charge is 2.30. The van der Waals surface area contributed by atoms with Crippen LogP contribution in [0.2, 0.25) is 0 Å². The van der Waals surface area contributed by atoms with E-state index in [1.807, 2.05) is 24.3 Å². The van der Waals surface area contributed by atoms with Gasteiger partial charge in [-0.2, -0.15) is 0 Å². The first-order chi connectivity index (χ1) is 12.3. The van der Waals surface area contributed by atoms with E-state index < -0.39 is 0 Å². The van der Waals surface area contributed by atoms with E-state index in [0.29, 0.717) is 25.1 Å². The van der Waals surface area contributed by atoms with Gasteiger partial charge in [0.2, 0.25) is 5.91 Å². The first-order valence-corrected chi connectivity index (χ1v) is 9.44. The second-order valence-electron chi connectivity index (χ2n) is 7.20. The molecule has 4 rings (SSSR count). The molecule has 1 N–H and O–H groups in total. The van der Waals surface area contributed by atoms with Gasteiger partial charge < -0.3 is 15.0 Å². The van der Waals surface area contributed by atoms with E-state index in [1.165, 1.54) is 18.2 Å². The fraction of sp³-hybridized carbons (Fsp3) is 0.476. The van der Waals surface area contributed by atoms with E-state index >= 15 is 0 Å². The van der Waals surface area contributed by atoms with E-state index in [0.717, 1.165) is 37.1 Å². The average molecular weight is 338 g/mol. The van der Waals surface area contributed by atoms with E-state index in [4.69, 9.17) is 4.74 Å². The van der Waals surface area contributed by atoms with Crippen LogP contribution in [-0.4, -0.2) is 42.6 Å². The number of benzene rings is 2. The standard InChI is InChI=1S/C21H26N2O2/c24-21(23-13-12-17-10-11-18(15-23)22-17)9-4-14-25-20-8-3-6-16-5-1-2-7-19(16)20/h1-3,5-8,17-18,22H,4,9-15H2. The lowest BCUT2D eigenvalue weighted by molar-refractivity contribution is -0.131. The zero-order chi connectivity index (χ0) is 17.1. The lowest BCUT2D eigenvalue weighted by Gasteiger charge is -2.24. The first-order valence-electron chi connectivity index (χ1n) is 9.44. The minimum absolute atomic E-state index is 0.274. The summed E-state index contributed by atoms with van der Waals surface area (Å²) in [6.07, 6.45) is 4.90. The van der Waals surface area contributed by atoms with Crippen molar-refractivity contribution in [3.63, 3.8) is 0 Å². The van der Waals surface area contributed by atoms with Crippen molar-refractivity contribution in [1.82, 2.24) is 10.2 Å². The molecule has 2 fully saturated rings. The average Bonchev–Trinajstić information content (AvgIpc) is 2.97. The second kappa shape index (κ2) is 7.44. The van der Waals surface area contributed by atoms with Gasteiger partial charge in [-0.05, 0) is 37.1 Å². The largest absolute Gasteiger partial charge is 0.493 e. The molecule has 0 saturated carbocycles. The molecular formula is C21H26N2O2. The van der Waals surface area contributed by atoms with Crippen LogP contribution in [0.3, 0.4) is 0 Å². The predicted octanol–water partition coefficient (Wildman–Crippen LogP) is 3.35. The number of amides is 1. The monoisotopic (exact) mass is 338 g/mol. The van der Waals surface area contributed by atoms with Gasteiger partial charge in [-0.3, -0.25) is 4.79 Å². The Hall–Kier alpha value is -2.07. The molecule has 2 heterocycles. The van der Waals surface area contributed by atoms with Crippen LogP contribution >= 0.6 is 0 Å². The van der Waals surface area contributed by atoms with Crippen LogP contribution in [-0.2, 0) is 4.79 Å². The molecule has 0 spiro atoms. The van der Waals surface area contributed by atoms with Gasteiger partial charge in [0.05, 0.1) is 6.61 Å². The number of carbonyl (C=O) groups excluding carboxylic acids is 1. The molecule has 2 aromatic carbocycles. The molecule has 2 aromatic rings. The Morgan fingerprint density at radius 1 is 1.08 bits per heavy atom. The molecular weight excluding hydrogens is 312 g/mol. The Labute approximate surface area is 149 Å². The predicted molar refractivity (Wildman–Crippen MR) is 99.8 cm³/mol. The molecule has 2 saturated heterocycles. The topological polar surface area (TPSA) is 41.6 Å². The van der Waals surface area contributed by atoms with Crippen molar-refractivity contribution in [3.05, 3.63) is 42.5 Å². The molecule has 0 radical (unpaired) electrons. The number of hydrogen-bond donors (Lipinski definition) is 1. The van der Waals surface area contributed by atoms with Crippen LogP contribution in [0.4, 0.5) is 0 Å². The maximum atomic E-state index is 12.5. The van der Waals surface area contributed by atoms with Crippen molar-refractivity contribution in [2.45, 2.75) is 44.2 Å². The first kappa shape index (κ1) is 16.4. The molecule has 132 valence electrons. The summed E-state index contributed by atoms with van der Waals surface area (Å²) in [6.45, 7) is 2.36. The third kappa shape index (κ3) is 3.79. The SMILES string of the molecule is O=C(CCCOc1cccc2ccccc12)N1CCC2CCC(C1)N2. The third-order valence-corrected chi connectivity index (χ3v) is 5.42. The summed E-state index contributed by atoms with van der Waals surface area (Å²) in [4.78, 5) is 14.5. The van der Waals surface area contributed by atoms with Crippen molar-refractivity contribution in [1.29, 1.82) is 0 Å². The van der Waals surface area contributed by atoms with Gasteiger partial charge in [-0.1, -0.05) is 36.4 Å². The maximum absolute atomic E-state index is 12.5. The second-order valence-corrected chi connectivity index (χ2v) is 7.20. The highest BCUT2D eigenvalue weighted by molar-refractivity contribution is 5.88. The van der Waals surface area contributed by atoms with Crippen LogP contribution in [0, 0.1) is 0 Å². The van der Waals surface area contributed by atoms with E-state index in [2.05, 4.69) is 28.4 Å². The maximum Gasteiger partial charge on any atom is 0.222 e. The summed E-state index contributed by atoms with van der Waals surface area (Å²) < 4.78 is 5.95. The Bertz CT molecular complexity index is 740. The Kier molecular flexibility index (Phi) is 4.88. The van der Waals surface area contributed by atoms with Gasteiger partial charge in [0.1, 0.15) is 5.75 Å². The van der Waals surface area contributed by atoms with E-state index in [-0.39, 0.29) is 5.91 Å². The lowest BCUT2D eigenvalue weighted by Crippen LogP contribution is -2.39. The molecule has 4 nitrogen and oxygen atoms in total. The number of likely N-dealkylation sites (tertiary alicyclic amines) is 1.